The second-order valence-corrected chi connectivity index (χ2v) is 7.21. The van der Waals surface area contributed by atoms with Crippen LogP contribution in [0.3, 0.4) is 0 Å². The van der Waals surface area contributed by atoms with E-state index in [4.69, 9.17) is 27.7 Å². The number of benzene rings is 2. The smallest absolute Gasteiger partial charge is 0.246 e. The first-order valence-electron chi connectivity index (χ1n) is 7.99. The van der Waals surface area contributed by atoms with Crippen molar-refractivity contribution in [3.8, 4) is 11.4 Å². The van der Waals surface area contributed by atoms with Crippen molar-refractivity contribution in [2.75, 3.05) is 0 Å². The van der Waals surface area contributed by atoms with E-state index in [0.717, 1.165) is 11.1 Å². The van der Waals surface area contributed by atoms with E-state index < -0.39 is 5.41 Å². The Bertz CT molecular complexity index is 903. The molecule has 0 aliphatic carbocycles. The van der Waals surface area contributed by atoms with E-state index in [1.807, 2.05) is 26.0 Å². The zero-order valence-corrected chi connectivity index (χ0v) is 15.8. The number of halogens is 2. The number of hydrogen-bond acceptors (Lipinski definition) is 4. The topological polar surface area (TPSA) is 68.0 Å². The third-order valence-corrected chi connectivity index (χ3v) is 4.61. The van der Waals surface area contributed by atoms with Gasteiger partial charge in [0, 0.05) is 15.6 Å². The van der Waals surface area contributed by atoms with Crippen molar-refractivity contribution in [1.82, 2.24) is 15.5 Å². The maximum atomic E-state index is 12.6. The Balaban J connectivity index is 1.66. The van der Waals surface area contributed by atoms with Gasteiger partial charge in [-0.1, -0.05) is 40.5 Å². The van der Waals surface area contributed by atoms with Gasteiger partial charge in [-0.05, 0) is 55.8 Å². The van der Waals surface area contributed by atoms with E-state index in [9.17, 15) is 4.79 Å². The monoisotopic (exact) mass is 389 g/mol. The molecule has 0 unspecified atom stereocenters. The van der Waals surface area contributed by atoms with Gasteiger partial charge in [-0.25, -0.2) is 0 Å². The van der Waals surface area contributed by atoms with Crippen LogP contribution >= 0.6 is 23.2 Å². The lowest BCUT2D eigenvalue weighted by Gasteiger charge is -2.23. The van der Waals surface area contributed by atoms with Gasteiger partial charge in [-0.15, -0.1) is 0 Å². The molecule has 0 fully saturated rings. The Morgan fingerprint density at radius 1 is 1.04 bits per heavy atom. The summed E-state index contributed by atoms with van der Waals surface area (Å²) in [6, 6.07) is 14.3. The highest BCUT2D eigenvalue weighted by atomic mass is 35.5. The van der Waals surface area contributed by atoms with E-state index >= 15 is 0 Å². The van der Waals surface area contributed by atoms with Gasteiger partial charge in [-0.2, -0.15) is 4.98 Å². The average molecular weight is 390 g/mol. The second kappa shape index (κ2) is 7.48. The lowest BCUT2D eigenvalue weighted by atomic mass is 9.84. The SMILES string of the molecule is CC(C)(C(=O)NCc1nc(-c2ccc(Cl)cc2)no1)c1ccc(Cl)cc1. The average Bonchev–Trinajstić information content (AvgIpc) is 3.09. The zero-order chi connectivity index (χ0) is 18.7. The Morgan fingerprint density at radius 2 is 1.62 bits per heavy atom. The summed E-state index contributed by atoms with van der Waals surface area (Å²) in [5.74, 6) is 0.629. The fourth-order valence-corrected chi connectivity index (χ4v) is 2.67. The predicted molar refractivity (Wildman–Crippen MR) is 101 cm³/mol. The predicted octanol–water partition coefficient (Wildman–Crippen LogP) is 4.64. The Kier molecular flexibility index (Phi) is 5.30. The summed E-state index contributed by atoms with van der Waals surface area (Å²) >= 11 is 11.8. The first-order valence-corrected chi connectivity index (χ1v) is 8.75. The van der Waals surface area contributed by atoms with Crippen molar-refractivity contribution in [2.24, 2.45) is 0 Å². The van der Waals surface area contributed by atoms with Gasteiger partial charge in [-0.3, -0.25) is 4.79 Å². The van der Waals surface area contributed by atoms with Crippen LogP contribution in [-0.4, -0.2) is 16.0 Å². The van der Waals surface area contributed by atoms with Crippen LogP contribution in [-0.2, 0) is 16.8 Å². The fourth-order valence-electron chi connectivity index (χ4n) is 2.42. The normalized spacial score (nSPS) is 11.4. The maximum Gasteiger partial charge on any atom is 0.246 e. The molecular formula is C19H17Cl2N3O2. The van der Waals surface area contributed by atoms with Gasteiger partial charge >= 0.3 is 0 Å². The molecule has 7 heteroatoms. The minimum Gasteiger partial charge on any atom is -0.346 e. The Hall–Kier alpha value is -2.37. The molecule has 1 heterocycles. The van der Waals surface area contributed by atoms with Gasteiger partial charge in [0.05, 0.1) is 12.0 Å². The molecular weight excluding hydrogens is 373 g/mol. The maximum absolute atomic E-state index is 12.6. The van der Waals surface area contributed by atoms with Crippen molar-refractivity contribution < 1.29 is 9.32 Å². The molecule has 0 aliphatic rings. The van der Waals surface area contributed by atoms with Gasteiger partial charge in [0.25, 0.3) is 0 Å². The molecule has 0 aliphatic heterocycles. The standard InChI is InChI=1S/C19H17Cl2N3O2/c1-19(2,13-5-9-15(21)10-6-13)18(25)22-11-16-23-17(24-26-16)12-3-7-14(20)8-4-12/h3-10H,11H2,1-2H3,(H,22,25). The largest absolute Gasteiger partial charge is 0.346 e. The number of rotatable bonds is 5. The lowest BCUT2D eigenvalue weighted by molar-refractivity contribution is -0.125. The number of nitrogens with zero attached hydrogens (tertiary/aromatic N) is 2. The summed E-state index contributed by atoms with van der Waals surface area (Å²) in [5.41, 5.74) is 0.938. The van der Waals surface area contributed by atoms with Crippen molar-refractivity contribution in [2.45, 2.75) is 25.8 Å². The minimum atomic E-state index is -0.719. The lowest BCUT2D eigenvalue weighted by Crippen LogP contribution is -2.39. The summed E-state index contributed by atoms with van der Waals surface area (Å²) in [7, 11) is 0. The summed E-state index contributed by atoms with van der Waals surface area (Å²) in [6.45, 7) is 3.84. The summed E-state index contributed by atoms with van der Waals surface area (Å²) in [6.07, 6.45) is 0. The number of nitrogens with one attached hydrogen (secondary N) is 1. The number of amides is 1. The van der Waals surface area contributed by atoms with Crippen molar-refractivity contribution >= 4 is 29.1 Å². The molecule has 0 bridgehead atoms. The van der Waals surface area contributed by atoms with Crippen molar-refractivity contribution in [3.63, 3.8) is 0 Å². The molecule has 5 nitrogen and oxygen atoms in total. The number of carbonyl (C=O) groups is 1. The van der Waals surface area contributed by atoms with E-state index in [1.165, 1.54) is 0 Å². The minimum absolute atomic E-state index is 0.147. The molecule has 26 heavy (non-hydrogen) atoms. The Labute approximate surface area is 161 Å². The highest BCUT2D eigenvalue weighted by Gasteiger charge is 2.29. The Morgan fingerprint density at radius 3 is 2.23 bits per heavy atom. The van der Waals surface area contributed by atoms with Crippen LogP contribution in [0.2, 0.25) is 10.0 Å². The molecule has 3 rings (SSSR count). The van der Waals surface area contributed by atoms with E-state index in [1.54, 1.807) is 36.4 Å². The molecule has 134 valence electrons. The van der Waals surface area contributed by atoms with Crippen LogP contribution in [0.5, 0.6) is 0 Å². The second-order valence-electron chi connectivity index (χ2n) is 6.33. The van der Waals surface area contributed by atoms with Gasteiger partial charge < -0.3 is 9.84 Å². The fraction of sp³-hybridized carbons (Fsp3) is 0.211. The molecule has 0 spiro atoms. The van der Waals surface area contributed by atoms with Gasteiger partial charge in [0.15, 0.2) is 0 Å². The molecule has 0 saturated carbocycles. The molecule has 0 atom stereocenters. The molecule has 0 radical (unpaired) electrons. The number of aromatic nitrogens is 2. The first kappa shape index (κ1) is 18.4. The summed E-state index contributed by atoms with van der Waals surface area (Å²) < 4.78 is 5.21. The van der Waals surface area contributed by atoms with Crippen LogP contribution < -0.4 is 5.32 Å². The molecule has 0 saturated heterocycles. The van der Waals surface area contributed by atoms with Crippen LogP contribution in [0, 0.1) is 0 Å². The van der Waals surface area contributed by atoms with E-state index in [2.05, 4.69) is 15.5 Å². The quantitative estimate of drug-likeness (QED) is 0.689. The number of hydrogen-bond donors (Lipinski definition) is 1. The van der Waals surface area contributed by atoms with E-state index in [-0.39, 0.29) is 12.5 Å². The molecule has 1 aromatic heterocycles. The van der Waals surface area contributed by atoms with E-state index in [0.29, 0.717) is 21.8 Å². The zero-order valence-electron chi connectivity index (χ0n) is 14.3. The molecule has 1 amide bonds. The van der Waals surface area contributed by atoms with Crippen molar-refractivity contribution in [3.05, 3.63) is 70.0 Å². The van der Waals surface area contributed by atoms with Gasteiger partial charge in [0.2, 0.25) is 17.6 Å². The third kappa shape index (κ3) is 4.06. The third-order valence-electron chi connectivity index (χ3n) is 4.10. The summed E-state index contributed by atoms with van der Waals surface area (Å²) in [4.78, 5) is 16.9. The highest BCUT2D eigenvalue weighted by molar-refractivity contribution is 6.30. The number of carbonyl (C=O) groups excluding carboxylic acids is 1. The summed E-state index contributed by atoms with van der Waals surface area (Å²) in [5, 5.41) is 8.03. The molecule has 2 aromatic carbocycles. The van der Waals surface area contributed by atoms with Crippen LogP contribution in [0.1, 0.15) is 25.3 Å². The molecule has 1 N–H and O–H groups in total. The van der Waals surface area contributed by atoms with Gasteiger partial charge in [0.1, 0.15) is 0 Å². The highest BCUT2D eigenvalue weighted by Crippen LogP contribution is 2.25. The van der Waals surface area contributed by atoms with Crippen molar-refractivity contribution in [1.29, 1.82) is 0 Å². The van der Waals surface area contributed by atoms with Crippen LogP contribution in [0.15, 0.2) is 53.1 Å². The first-order chi connectivity index (χ1) is 12.4. The van der Waals surface area contributed by atoms with Crippen LogP contribution in [0.4, 0.5) is 0 Å². The molecule has 3 aromatic rings. The van der Waals surface area contributed by atoms with Crippen LogP contribution in [0.25, 0.3) is 11.4 Å².